The maximum Gasteiger partial charge on any atom is 0.274 e. The Kier molecular flexibility index (Phi) is 4.13. The first-order chi connectivity index (χ1) is 11.5. The molecule has 6 nitrogen and oxygen atoms in total. The summed E-state index contributed by atoms with van der Waals surface area (Å²) in [5, 5.41) is 0. The van der Waals surface area contributed by atoms with Crippen molar-refractivity contribution in [1.82, 2.24) is 14.9 Å². The Hall–Kier alpha value is -2.63. The maximum absolute atomic E-state index is 12.7. The zero-order valence-corrected chi connectivity index (χ0v) is 14.4. The van der Waals surface area contributed by atoms with Gasteiger partial charge in [-0.1, -0.05) is 13.8 Å². The van der Waals surface area contributed by atoms with Crippen LogP contribution >= 0.6 is 0 Å². The minimum atomic E-state index is -0.203. The van der Waals surface area contributed by atoms with Crippen LogP contribution in [-0.4, -0.2) is 41.5 Å². The summed E-state index contributed by atoms with van der Waals surface area (Å²) >= 11 is 0. The van der Waals surface area contributed by atoms with Gasteiger partial charge in [-0.2, -0.15) is 0 Å². The Bertz CT molecular complexity index is 760. The highest BCUT2D eigenvalue weighted by Gasteiger charge is 2.35. The van der Waals surface area contributed by atoms with E-state index >= 15 is 0 Å². The first-order valence-corrected chi connectivity index (χ1v) is 7.77. The van der Waals surface area contributed by atoms with E-state index in [1.165, 1.54) is 18.0 Å². The third-order valence-electron chi connectivity index (χ3n) is 4.36. The van der Waals surface area contributed by atoms with Gasteiger partial charge in [0.2, 0.25) is 0 Å². The molecule has 2 aromatic rings. The molecule has 0 fully saturated rings. The zero-order valence-electron chi connectivity index (χ0n) is 14.4. The Morgan fingerprint density at radius 3 is 2.50 bits per heavy atom. The van der Waals surface area contributed by atoms with Crippen LogP contribution in [0.2, 0.25) is 0 Å². The Balaban J connectivity index is 1.99. The van der Waals surface area contributed by atoms with Crippen molar-refractivity contribution in [2.75, 3.05) is 20.8 Å². The molecule has 3 rings (SSSR count). The molecule has 0 bridgehead atoms. The molecule has 0 spiro atoms. The van der Waals surface area contributed by atoms with Crippen molar-refractivity contribution in [2.24, 2.45) is 0 Å². The summed E-state index contributed by atoms with van der Waals surface area (Å²) in [5.74, 6) is 1.26. The third-order valence-corrected chi connectivity index (χ3v) is 4.36. The van der Waals surface area contributed by atoms with Crippen molar-refractivity contribution in [3.8, 4) is 11.5 Å². The molecular weight excluding hydrogens is 306 g/mol. The van der Waals surface area contributed by atoms with Gasteiger partial charge >= 0.3 is 0 Å². The molecule has 1 aromatic heterocycles. The largest absolute Gasteiger partial charge is 0.493 e. The van der Waals surface area contributed by atoms with Crippen LogP contribution in [-0.2, 0) is 12.0 Å². The number of hydrogen-bond donors (Lipinski definition) is 0. The van der Waals surface area contributed by atoms with Crippen LogP contribution in [0.5, 0.6) is 11.5 Å². The van der Waals surface area contributed by atoms with Gasteiger partial charge in [-0.3, -0.25) is 9.78 Å². The van der Waals surface area contributed by atoms with Crippen LogP contribution < -0.4 is 9.47 Å². The second-order valence-corrected chi connectivity index (χ2v) is 6.50. The van der Waals surface area contributed by atoms with Gasteiger partial charge < -0.3 is 14.4 Å². The lowest BCUT2D eigenvalue weighted by atomic mass is 9.78. The molecule has 24 heavy (non-hydrogen) atoms. The second kappa shape index (κ2) is 6.11. The average Bonchev–Trinajstić information content (AvgIpc) is 2.60. The van der Waals surface area contributed by atoms with Gasteiger partial charge in [0, 0.05) is 30.9 Å². The summed E-state index contributed by atoms with van der Waals surface area (Å²) in [5.41, 5.74) is 2.38. The topological polar surface area (TPSA) is 64.6 Å². The van der Waals surface area contributed by atoms with E-state index in [1.54, 1.807) is 25.3 Å². The number of nitrogens with zero attached hydrogens (tertiary/aromatic N) is 3. The Morgan fingerprint density at radius 2 is 1.88 bits per heavy atom. The molecule has 0 saturated carbocycles. The number of amides is 1. The number of benzene rings is 1. The highest BCUT2D eigenvalue weighted by Crippen LogP contribution is 2.40. The van der Waals surface area contributed by atoms with E-state index in [-0.39, 0.29) is 11.3 Å². The maximum atomic E-state index is 12.7. The third kappa shape index (κ3) is 2.79. The van der Waals surface area contributed by atoms with Crippen LogP contribution in [0.25, 0.3) is 0 Å². The van der Waals surface area contributed by atoms with Crippen LogP contribution in [0.15, 0.2) is 30.7 Å². The van der Waals surface area contributed by atoms with Gasteiger partial charge in [0.25, 0.3) is 5.91 Å². The SMILES string of the molecule is COc1cc2c(cc1OC)C(C)(C)CN(C(=O)c1cnccn1)C2. The summed E-state index contributed by atoms with van der Waals surface area (Å²) < 4.78 is 10.8. The van der Waals surface area contributed by atoms with E-state index in [4.69, 9.17) is 9.47 Å². The van der Waals surface area contributed by atoms with E-state index in [2.05, 4.69) is 23.8 Å². The summed E-state index contributed by atoms with van der Waals surface area (Å²) in [7, 11) is 3.24. The summed E-state index contributed by atoms with van der Waals surface area (Å²) in [6.07, 6.45) is 4.59. The number of rotatable bonds is 3. The standard InChI is InChI=1S/C18H21N3O3/c1-18(2)11-21(17(22)14-9-19-5-6-20-14)10-12-7-15(23-3)16(24-4)8-13(12)18/h5-9H,10-11H2,1-4H3. The summed E-state index contributed by atoms with van der Waals surface area (Å²) in [4.78, 5) is 22.7. The monoisotopic (exact) mass is 327 g/mol. The molecular formula is C18H21N3O3. The lowest BCUT2D eigenvalue weighted by molar-refractivity contribution is 0.0679. The second-order valence-electron chi connectivity index (χ2n) is 6.50. The Morgan fingerprint density at radius 1 is 1.17 bits per heavy atom. The van der Waals surface area contributed by atoms with Crippen molar-refractivity contribution in [1.29, 1.82) is 0 Å². The predicted molar refractivity (Wildman–Crippen MR) is 89.3 cm³/mol. The highest BCUT2D eigenvalue weighted by atomic mass is 16.5. The van der Waals surface area contributed by atoms with Crippen LogP contribution in [0.3, 0.4) is 0 Å². The molecule has 0 N–H and O–H groups in total. The number of methoxy groups -OCH3 is 2. The lowest BCUT2D eigenvalue weighted by Crippen LogP contribution is -2.45. The van der Waals surface area contributed by atoms with Crippen molar-refractivity contribution in [2.45, 2.75) is 25.8 Å². The van der Waals surface area contributed by atoms with E-state index in [9.17, 15) is 4.79 Å². The van der Waals surface area contributed by atoms with Crippen molar-refractivity contribution >= 4 is 5.91 Å². The minimum absolute atomic E-state index is 0.114. The first kappa shape index (κ1) is 16.2. The van der Waals surface area contributed by atoms with Crippen LogP contribution in [0.1, 0.15) is 35.5 Å². The van der Waals surface area contributed by atoms with E-state index in [0.717, 1.165) is 5.56 Å². The molecule has 1 aromatic carbocycles. The molecule has 6 heteroatoms. The number of carbonyl (C=O) groups excluding carboxylic acids is 1. The number of hydrogen-bond acceptors (Lipinski definition) is 5. The van der Waals surface area contributed by atoms with Crippen LogP contribution in [0, 0.1) is 0 Å². The van der Waals surface area contributed by atoms with E-state index in [1.807, 2.05) is 12.1 Å². The predicted octanol–water partition coefficient (Wildman–Crippen LogP) is 2.43. The van der Waals surface area contributed by atoms with Gasteiger partial charge in [-0.05, 0) is 23.3 Å². The van der Waals surface area contributed by atoms with Crippen molar-refractivity contribution in [3.63, 3.8) is 0 Å². The number of aromatic nitrogens is 2. The molecule has 1 amide bonds. The fourth-order valence-electron chi connectivity index (χ4n) is 3.22. The summed E-state index contributed by atoms with van der Waals surface area (Å²) in [6.45, 7) is 5.35. The molecule has 1 aliphatic heterocycles. The Labute approximate surface area is 141 Å². The fraction of sp³-hybridized carbons (Fsp3) is 0.389. The number of ether oxygens (including phenoxy) is 2. The number of fused-ring (bicyclic) bond motifs is 1. The highest BCUT2D eigenvalue weighted by molar-refractivity contribution is 5.92. The smallest absolute Gasteiger partial charge is 0.274 e. The fourth-order valence-corrected chi connectivity index (χ4v) is 3.22. The molecule has 0 aliphatic carbocycles. The molecule has 126 valence electrons. The van der Waals surface area contributed by atoms with Gasteiger partial charge in [0.05, 0.1) is 20.4 Å². The number of carbonyl (C=O) groups is 1. The molecule has 1 aliphatic rings. The minimum Gasteiger partial charge on any atom is -0.493 e. The van der Waals surface area contributed by atoms with Gasteiger partial charge in [-0.15, -0.1) is 0 Å². The van der Waals surface area contributed by atoms with Crippen LogP contribution in [0.4, 0.5) is 0 Å². The van der Waals surface area contributed by atoms with Gasteiger partial charge in [-0.25, -0.2) is 4.98 Å². The average molecular weight is 327 g/mol. The van der Waals surface area contributed by atoms with Gasteiger partial charge in [0.1, 0.15) is 5.69 Å². The van der Waals surface area contributed by atoms with Crippen molar-refractivity contribution < 1.29 is 14.3 Å². The normalized spacial score (nSPS) is 15.6. The molecule has 0 unspecified atom stereocenters. The quantitative estimate of drug-likeness (QED) is 0.866. The van der Waals surface area contributed by atoms with Crippen molar-refractivity contribution in [3.05, 3.63) is 47.5 Å². The lowest BCUT2D eigenvalue weighted by Gasteiger charge is -2.40. The van der Waals surface area contributed by atoms with E-state index < -0.39 is 0 Å². The van der Waals surface area contributed by atoms with Gasteiger partial charge in [0.15, 0.2) is 11.5 Å². The first-order valence-electron chi connectivity index (χ1n) is 7.77. The summed E-state index contributed by atoms with van der Waals surface area (Å²) in [6, 6.07) is 3.96. The van der Waals surface area contributed by atoms with E-state index in [0.29, 0.717) is 30.3 Å². The zero-order chi connectivity index (χ0) is 17.3. The molecule has 0 saturated heterocycles. The molecule has 2 heterocycles. The molecule has 0 radical (unpaired) electrons. The molecule has 0 atom stereocenters.